The van der Waals surface area contributed by atoms with Crippen molar-refractivity contribution in [3.8, 4) is 0 Å². The summed E-state index contributed by atoms with van der Waals surface area (Å²) in [5.74, 6) is 0. The Morgan fingerprint density at radius 2 is 2.07 bits per heavy atom. The summed E-state index contributed by atoms with van der Waals surface area (Å²) in [6, 6.07) is 9.99. The largest absolute Gasteiger partial charge is 0.281 e. The molecular formula is C11H9BrN2O. The van der Waals surface area contributed by atoms with Crippen LogP contribution in [0.15, 0.2) is 42.7 Å². The van der Waals surface area contributed by atoms with Gasteiger partial charge in [0.2, 0.25) is 4.69 Å². The highest BCUT2D eigenvalue weighted by Gasteiger charge is 2.04. The van der Waals surface area contributed by atoms with Crippen LogP contribution in [0.4, 0.5) is 0 Å². The normalized spacial score (nSPS) is 10.2. The maximum atomic E-state index is 11.0. The molecule has 3 nitrogen and oxygen atoms in total. The van der Waals surface area contributed by atoms with E-state index in [9.17, 15) is 4.79 Å². The second-order valence-corrected chi connectivity index (χ2v) is 3.91. The summed E-state index contributed by atoms with van der Waals surface area (Å²) in [7, 11) is 0. The molecule has 15 heavy (non-hydrogen) atoms. The van der Waals surface area contributed by atoms with Crippen molar-refractivity contribution >= 4 is 20.6 Å². The number of hydrogen-bond donors (Lipinski definition) is 0. The lowest BCUT2D eigenvalue weighted by Gasteiger charge is -2.00. The van der Waals surface area contributed by atoms with E-state index in [1.54, 1.807) is 17.1 Å². The molecule has 2 aromatic rings. The molecule has 1 aromatic heterocycles. The molecule has 0 atom stereocenters. The van der Waals surface area contributed by atoms with Crippen molar-refractivity contribution in [2.75, 3.05) is 0 Å². The molecule has 0 aliphatic rings. The van der Waals surface area contributed by atoms with Crippen LogP contribution in [0.1, 0.15) is 15.9 Å². The summed E-state index contributed by atoms with van der Waals surface area (Å²) in [6.07, 6.45) is 3.28. The van der Waals surface area contributed by atoms with Gasteiger partial charge >= 0.3 is 0 Å². The van der Waals surface area contributed by atoms with E-state index in [1.165, 1.54) is 0 Å². The fourth-order valence-corrected chi connectivity index (χ4v) is 1.53. The predicted molar refractivity (Wildman–Crippen MR) is 61.0 cm³/mol. The fourth-order valence-electron chi connectivity index (χ4n) is 1.32. The van der Waals surface area contributed by atoms with Gasteiger partial charge in [-0.1, -0.05) is 30.3 Å². The Kier molecular flexibility index (Phi) is 2.97. The second-order valence-electron chi connectivity index (χ2n) is 3.19. The summed E-state index contributed by atoms with van der Waals surface area (Å²) >= 11 is 2.89. The predicted octanol–water partition coefficient (Wildman–Crippen LogP) is 2.47. The number of aromatic nitrogens is 2. The molecule has 0 unspecified atom stereocenters. The molecule has 0 aliphatic carbocycles. The second kappa shape index (κ2) is 4.40. The maximum absolute atomic E-state index is 11.0. The Morgan fingerprint density at radius 3 is 2.67 bits per heavy atom. The SMILES string of the molecule is O=C(Br)c1cnn(Cc2ccccc2)c1. The lowest BCUT2D eigenvalue weighted by atomic mass is 10.2. The summed E-state index contributed by atoms with van der Waals surface area (Å²) in [4.78, 5) is 11.0. The molecule has 76 valence electrons. The first-order chi connectivity index (χ1) is 7.25. The molecule has 0 radical (unpaired) electrons. The molecule has 0 saturated carbocycles. The third-order valence-corrected chi connectivity index (χ3v) is 2.51. The van der Waals surface area contributed by atoms with Crippen molar-refractivity contribution in [1.29, 1.82) is 0 Å². The molecule has 0 amide bonds. The molecular weight excluding hydrogens is 256 g/mol. The molecule has 4 heteroatoms. The Morgan fingerprint density at radius 1 is 1.33 bits per heavy atom. The van der Waals surface area contributed by atoms with Crippen LogP contribution in [-0.4, -0.2) is 14.5 Å². The first-order valence-electron chi connectivity index (χ1n) is 4.52. The highest BCUT2D eigenvalue weighted by molar-refractivity contribution is 9.18. The lowest BCUT2D eigenvalue weighted by molar-refractivity contribution is 0.109. The number of halogens is 1. The Bertz CT molecular complexity index is 464. The smallest absolute Gasteiger partial charge is 0.231 e. The highest BCUT2D eigenvalue weighted by atomic mass is 79.9. The van der Waals surface area contributed by atoms with Crippen molar-refractivity contribution in [2.45, 2.75) is 6.54 Å². The van der Waals surface area contributed by atoms with Gasteiger partial charge in [-0.2, -0.15) is 5.10 Å². The zero-order valence-electron chi connectivity index (χ0n) is 7.93. The molecule has 0 N–H and O–H groups in total. The van der Waals surface area contributed by atoms with Gasteiger partial charge in [0.05, 0.1) is 18.3 Å². The van der Waals surface area contributed by atoms with E-state index in [2.05, 4.69) is 21.0 Å². The van der Waals surface area contributed by atoms with E-state index in [-0.39, 0.29) is 4.69 Å². The summed E-state index contributed by atoms with van der Waals surface area (Å²) < 4.78 is 1.60. The van der Waals surface area contributed by atoms with Gasteiger partial charge in [-0.15, -0.1) is 0 Å². The minimum absolute atomic E-state index is 0.137. The van der Waals surface area contributed by atoms with Crippen LogP contribution in [0.5, 0.6) is 0 Å². The van der Waals surface area contributed by atoms with Gasteiger partial charge in [0.25, 0.3) is 0 Å². The van der Waals surface area contributed by atoms with Crippen LogP contribution in [0.3, 0.4) is 0 Å². The van der Waals surface area contributed by atoms with E-state index in [1.807, 2.05) is 30.3 Å². The monoisotopic (exact) mass is 264 g/mol. The minimum Gasteiger partial charge on any atom is -0.281 e. The number of rotatable bonds is 3. The number of carbonyl (C=O) groups is 1. The van der Waals surface area contributed by atoms with Crippen LogP contribution in [-0.2, 0) is 6.54 Å². The van der Waals surface area contributed by atoms with Crippen molar-refractivity contribution in [3.63, 3.8) is 0 Å². The zero-order chi connectivity index (χ0) is 10.7. The third kappa shape index (κ3) is 2.53. The fraction of sp³-hybridized carbons (Fsp3) is 0.0909. The first kappa shape index (κ1) is 10.1. The van der Waals surface area contributed by atoms with Crippen molar-refractivity contribution in [3.05, 3.63) is 53.9 Å². The number of hydrogen-bond acceptors (Lipinski definition) is 2. The average Bonchev–Trinajstić information content (AvgIpc) is 2.68. The Balaban J connectivity index is 2.15. The summed E-state index contributed by atoms with van der Waals surface area (Å²) in [5, 5.41) is 4.10. The molecule has 0 saturated heterocycles. The Hall–Kier alpha value is -1.42. The highest BCUT2D eigenvalue weighted by Crippen LogP contribution is 2.06. The van der Waals surface area contributed by atoms with Crippen LogP contribution in [0, 0.1) is 0 Å². The topological polar surface area (TPSA) is 34.9 Å². The van der Waals surface area contributed by atoms with Crippen LogP contribution in [0.2, 0.25) is 0 Å². The number of benzene rings is 1. The van der Waals surface area contributed by atoms with Crippen LogP contribution < -0.4 is 0 Å². The molecule has 0 bridgehead atoms. The quantitative estimate of drug-likeness (QED) is 0.799. The van der Waals surface area contributed by atoms with Crippen molar-refractivity contribution in [1.82, 2.24) is 9.78 Å². The van der Waals surface area contributed by atoms with Gasteiger partial charge in [0, 0.05) is 6.20 Å². The molecule has 2 rings (SSSR count). The van der Waals surface area contributed by atoms with E-state index in [0.717, 1.165) is 5.56 Å². The maximum Gasteiger partial charge on any atom is 0.231 e. The van der Waals surface area contributed by atoms with E-state index >= 15 is 0 Å². The van der Waals surface area contributed by atoms with Gasteiger partial charge in [0.15, 0.2) is 0 Å². The van der Waals surface area contributed by atoms with E-state index < -0.39 is 0 Å². The van der Waals surface area contributed by atoms with Crippen molar-refractivity contribution in [2.24, 2.45) is 0 Å². The number of carbonyl (C=O) groups excluding carboxylic acids is 1. The van der Waals surface area contributed by atoms with Crippen molar-refractivity contribution < 1.29 is 4.79 Å². The summed E-state index contributed by atoms with van der Waals surface area (Å²) in [6.45, 7) is 0.682. The molecule has 1 aromatic carbocycles. The third-order valence-electron chi connectivity index (χ3n) is 2.05. The number of nitrogens with zero attached hydrogens (tertiary/aromatic N) is 2. The minimum atomic E-state index is -0.137. The van der Waals surface area contributed by atoms with E-state index in [4.69, 9.17) is 0 Å². The molecule has 0 fully saturated rings. The van der Waals surface area contributed by atoms with Gasteiger partial charge in [-0.25, -0.2) is 0 Å². The average molecular weight is 265 g/mol. The summed E-state index contributed by atoms with van der Waals surface area (Å²) in [5.41, 5.74) is 1.74. The van der Waals surface area contributed by atoms with Gasteiger partial charge < -0.3 is 0 Å². The zero-order valence-corrected chi connectivity index (χ0v) is 9.52. The lowest BCUT2D eigenvalue weighted by Crippen LogP contribution is -1.99. The van der Waals surface area contributed by atoms with Gasteiger partial charge in [-0.3, -0.25) is 9.48 Å². The van der Waals surface area contributed by atoms with E-state index in [0.29, 0.717) is 12.1 Å². The van der Waals surface area contributed by atoms with Crippen LogP contribution in [0.25, 0.3) is 0 Å². The molecule has 0 aliphatic heterocycles. The molecule has 1 heterocycles. The van der Waals surface area contributed by atoms with Crippen LogP contribution >= 0.6 is 15.9 Å². The first-order valence-corrected chi connectivity index (χ1v) is 5.31. The molecule has 0 spiro atoms. The van der Waals surface area contributed by atoms with Gasteiger partial charge in [-0.05, 0) is 21.5 Å². The standard InChI is InChI=1S/C11H9BrN2O/c12-11(15)10-6-13-14(8-10)7-9-4-2-1-3-5-9/h1-6,8H,7H2. The Labute approximate surface area is 95.9 Å². The van der Waals surface area contributed by atoms with Gasteiger partial charge in [0.1, 0.15) is 0 Å².